The summed E-state index contributed by atoms with van der Waals surface area (Å²) in [5, 5.41) is 3.52. The summed E-state index contributed by atoms with van der Waals surface area (Å²) < 4.78 is 28.6. The molecule has 32 heavy (non-hydrogen) atoms. The number of nitrogens with one attached hydrogen (secondary N) is 2. The van der Waals surface area contributed by atoms with E-state index in [9.17, 15) is 13.2 Å². The van der Waals surface area contributed by atoms with Gasteiger partial charge in [0.05, 0.1) is 4.90 Å². The molecule has 0 aromatic heterocycles. The van der Waals surface area contributed by atoms with Crippen LogP contribution in [0.5, 0.6) is 0 Å². The van der Waals surface area contributed by atoms with Crippen molar-refractivity contribution < 1.29 is 13.2 Å². The van der Waals surface area contributed by atoms with Crippen LogP contribution in [0.15, 0.2) is 70.5 Å². The van der Waals surface area contributed by atoms with Crippen LogP contribution in [0.25, 0.3) is 0 Å². The largest absolute Gasteiger partial charge is 0.351 e. The maximum absolute atomic E-state index is 13.0. The lowest BCUT2D eigenvalue weighted by atomic mass is 10.1. The van der Waals surface area contributed by atoms with Gasteiger partial charge in [-0.2, -0.15) is 0 Å². The van der Waals surface area contributed by atoms with E-state index in [1.807, 2.05) is 44.2 Å². The first kappa shape index (κ1) is 24.2. The summed E-state index contributed by atoms with van der Waals surface area (Å²) in [6.45, 7) is 6.05. The molecular weight excluding hydrogens is 464 g/mol. The Balaban J connectivity index is 1.66. The van der Waals surface area contributed by atoms with E-state index < -0.39 is 10.0 Å². The summed E-state index contributed by atoms with van der Waals surface area (Å²) in [6, 6.07) is 17.6. The fourth-order valence-electron chi connectivity index (χ4n) is 3.01. The molecule has 3 aromatic rings. The number of rotatable bonds is 8. The van der Waals surface area contributed by atoms with Crippen molar-refractivity contribution in [1.82, 2.24) is 5.32 Å². The van der Waals surface area contributed by atoms with Crippen molar-refractivity contribution in [3.05, 3.63) is 87.9 Å². The number of carbonyl (C=O) groups is 1. The molecule has 0 fully saturated rings. The molecule has 8 heteroatoms. The highest BCUT2D eigenvalue weighted by molar-refractivity contribution is 7.99. The Bertz CT molecular complexity index is 1230. The fourth-order valence-corrected chi connectivity index (χ4v) is 5.23. The molecule has 0 unspecified atom stereocenters. The number of sulfonamides is 1. The smallest absolute Gasteiger partial charge is 0.262 e. The van der Waals surface area contributed by atoms with Crippen LogP contribution in [0, 0.1) is 20.8 Å². The highest BCUT2D eigenvalue weighted by Crippen LogP contribution is 2.23. The maximum Gasteiger partial charge on any atom is 0.262 e. The Morgan fingerprint density at radius 2 is 1.59 bits per heavy atom. The summed E-state index contributed by atoms with van der Waals surface area (Å²) in [6.07, 6.45) is 0. The summed E-state index contributed by atoms with van der Waals surface area (Å²) in [7, 11) is -3.84. The van der Waals surface area contributed by atoms with Crippen LogP contribution in [0.2, 0.25) is 5.02 Å². The zero-order chi connectivity index (χ0) is 23.3. The first-order valence-electron chi connectivity index (χ1n) is 10.0. The lowest BCUT2D eigenvalue weighted by Crippen LogP contribution is -2.26. The molecule has 0 aliphatic rings. The molecular formula is C24H25ClN2O3S2. The summed E-state index contributed by atoms with van der Waals surface area (Å²) in [5.74, 6) is 0.364. The number of benzene rings is 3. The number of hydrogen-bond acceptors (Lipinski definition) is 4. The first-order chi connectivity index (χ1) is 15.2. The molecule has 3 rings (SSSR count). The summed E-state index contributed by atoms with van der Waals surface area (Å²) in [4.78, 5) is 13.7. The molecule has 0 radical (unpaired) electrons. The Morgan fingerprint density at radius 3 is 2.28 bits per heavy atom. The molecule has 168 valence electrons. The van der Waals surface area contributed by atoms with Crippen LogP contribution in [0.4, 0.5) is 5.69 Å². The van der Waals surface area contributed by atoms with Gasteiger partial charge in [-0.25, -0.2) is 8.42 Å². The molecule has 0 heterocycles. The number of aryl methyl sites for hydroxylation is 3. The van der Waals surface area contributed by atoms with E-state index in [1.165, 1.54) is 6.07 Å². The quantitative estimate of drug-likeness (QED) is 0.320. The Kier molecular flexibility index (Phi) is 7.87. The monoisotopic (exact) mass is 488 g/mol. The van der Waals surface area contributed by atoms with Crippen molar-refractivity contribution >= 4 is 45.0 Å². The van der Waals surface area contributed by atoms with Crippen LogP contribution in [-0.4, -0.2) is 26.6 Å². The third kappa shape index (κ3) is 6.28. The number of hydrogen-bond donors (Lipinski definition) is 2. The molecule has 1 amide bonds. The second-order valence-corrected chi connectivity index (χ2v) is 10.7. The zero-order valence-corrected chi connectivity index (χ0v) is 20.5. The maximum atomic E-state index is 13.0. The standard InChI is InChI=1S/C24H25ClN2O3S2/c1-16-5-9-21(14-18(16)3)27-32(29,30)23-15-19(6-4-17(23)2)24(28)26-12-13-31-22-10-7-20(25)8-11-22/h4-11,14-15,27H,12-13H2,1-3H3,(H,26,28). The first-order valence-corrected chi connectivity index (χ1v) is 12.9. The van der Waals surface area contributed by atoms with E-state index >= 15 is 0 Å². The summed E-state index contributed by atoms with van der Waals surface area (Å²) in [5.41, 5.74) is 3.42. The predicted molar refractivity (Wildman–Crippen MR) is 132 cm³/mol. The van der Waals surface area contributed by atoms with Gasteiger partial charge in [0.1, 0.15) is 0 Å². The van der Waals surface area contributed by atoms with Crippen molar-refractivity contribution in [2.24, 2.45) is 0 Å². The van der Waals surface area contributed by atoms with Crippen LogP contribution >= 0.6 is 23.4 Å². The van der Waals surface area contributed by atoms with Gasteiger partial charge >= 0.3 is 0 Å². The third-order valence-corrected chi connectivity index (χ3v) is 7.76. The van der Waals surface area contributed by atoms with Gasteiger partial charge in [0.25, 0.3) is 15.9 Å². The summed E-state index contributed by atoms with van der Waals surface area (Å²) >= 11 is 7.48. The van der Waals surface area contributed by atoms with Crippen LogP contribution < -0.4 is 10.0 Å². The molecule has 3 aromatic carbocycles. The average Bonchev–Trinajstić information content (AvgIpc) is 2.75. The Labute approximate surface area is 198 Å². The lowest BCUT2D eigenvalue weighted by molar-refractivity contribution is 0.0956. The van der Waals surface area contributed by atoms with Gasteiger partial charge in [0.15, 0.2) is 0 Å². The van der Waals surface area contributed by atoms with E-state index in [1.54, 1.807) is 43.0 Å². The molecule has 0 bridgehead atoms. The van der Waals surface area contributed by atoms with Crippen molar-refractivity contribution in [2.75, 3.05) is 17.0 Å². The van der Waals surface area contributed by atoms with Gasteiger partial charge in [-0.15, -0.1) is 11.8 Å². The highest BCUT2D eigenvalue weighted by atomic mass is 35.5. The predicted octanol–water partition coefficient (Wildman–Crippen LogP) is 5.59. The van der Waals surface area contributed by atoms with E-state index in [4.69, 9.17) is 11.6 Å². The number of carbonyl (C=O) groups excluding carboxylic acids is 1. The van der Waals surface area contributed by atoms with Crippen molar-refractivity contribution in [3.63, 3.8) is 0 Å². The molecule has 5 nitrogen and oxygen atoms in total. The molecule has 0 saturated heterocycles. The topological polar surface area (TPSA) is 75.3 Å². The normalized spacial score (nSPS) is 11.2. The molecule has 0 aliphatic carbocycles. The minimum atomic E-state index is -3.84. The minimum absolute atomic E-state index is 0.0823. The van der Waals surface area contributed by atoms with Crippen LogP contribution in [0.1, 0.15) is 27.0 Å². The van der Waals surface area contributed by atoms with Crippen molar-refractivity contribution in [3.8, 4) is 0 Å². The van der Waals surface area contributed by atoms with E-state index in [0.29, 0.717) is 34.1 Å². The molecule has 0 aliphatic heterocycles. The van der Waals surface area contributed by atoms with E-state index in [2.05, 4.69) is 10.0 Å². The SMILES string of the molecule is Cc1ccc(NS(=O)(=O)c2cc(C(=O)NCCSc3ccc(Cl)cc3)ccc2C)cc1C. The number of thioether (sulfide) groups is 1. The number of halogens is 1. The fraction of sp³-hybridized carbons (Fsp3) is 0.208. The van der Waals surface area contributed by atoms with E-state index in [-0.39, 0.29) is 10.8 Å². The number of amides is 1. The average molecular weight is 489 g/mol. The van der Waals surface area contributed by atoms with Gasteiger partial charge in [0, 0.05) is 33.5 Å². The minimum Gasteiger partial charge on any atom is -0.351 e. The van der Waals surface area contributed by atoms with E-state index in [0.717, 1.165) is 16.0 Å². The molecule has 2 N–H and O–H groups in total. The number of anilines is 1. The van der Waals surface area contributed by atoms with Crippen LogP contribution in [0.3, 0.4) is 0 Å². The Morgan fingerprint density at radius 1 is 0.906 bits per heavy atom. The Hall–Kier alpha value is -2.48. The van der Waals surface area contributed by atoms with Gasteiger partial charge in [-0.05, 0) is 86.0 Å². The highest BCUT2D eigenvalue weighted by Gasteiger charge is 2.19. The third-order valence-electron chi connectivity index (χ3n) is 4.97. The second kappa shape index (κ2) is 10.4. The van der Waals surface area contributed by atoms with Gasteiger partial charge in [0.2, 0.25) is 0 Å². The zero-order valence-electron chi connectivity index (χ0n) is 18.1. The lowest BCUT2D eigenvalue weighted by Gasteiger charge is -2.13. The second-order valence-electron chi connectivity index (χ2n) is 7.44. The molecule has 0 spiro atoms. The van der Waals surface area contributed by atoms with Gasteiger partial charge in [-0.3, -0.25) is 9.52 Å². The van der Waals surface area contributed by atoms with Crippen LogP contribution in [-0.2, 0) is 10.0 Å². The molecule has 0 saturated carbocycles. The molecule has 0 atom stereocenters. The van der Waals surface area contributed by atoms with Gasteiger partial charge in [-0.1, -0.05) is 23.7 Å². The van der Waals surface area contributed by atoms with Gasteiger partial charge < -0.3 is 5.32 Å². The van der Waals surface area contributed by atoms with Crippen molar-refractivity contribution in [2.45, 2.75) is 30.6 Å². The van der Waals surface area contributed by atoms with Crippen molar-refractivity contribution in [1.29, 1.82) is 0 Å².